The third-order valence-electron chi connectivity index (χ3n) is 4.06. The molecule has 135 valence electrons. The first-order chi connectivity index (χ1) is 11.2. The van der Waals surface area contributed by atoms with Crippen LogP contribution in [0.2, 0.25) is 0 Å². The van der Waals surface area contributed by atoms with Gasteiger partial charge in [0.05, 0.1) is 17.8 Å². The van der Waals surface area contributed by atoms with Crippen LogP contribution in [0.3, 0.4) is 0 Å². The van der Waals surface area contributed by atoms with Crippen LogP contribution in [-0.2, 0) is 9.39 Å². The van der Waals surface area contributed by atoms with Gasteiger partial charge in [0.25, 0.3) is 0 Å². The molecule has 0 unspecified atom stereocenters. The maximum Gasteiger partial charge on any atom is 0.333 e. The Morgan fingerprint density at radius 1 is 1.12 bits per heavy atom. The van der Waals surface area contributed by atoms with Crippen molar-refractivity contribution in [2.24, 2.45) is 0 Å². The summed E-state index contributed by atoms with van der Waals surface area (Å²) in [6.45, 7) is 10.5. The van der Waals surface area contributed by atoms with E-state index in [-0.39, 0.29) is 0 Å². The van der Waals surface area contributed by atoms with Gasteiger partial charge < -0.3 is 19.2 Å². The lowest BCUT2D eigenvalue weighted by Gasteiger charge is -2.37. The standard InChI is InChI=1S/C18H29BFO4/c1-6-7-10-22-11-12-23-14-8-9-15(16(20)13-14)19-24-18(4,5)17(2,3)21/h8-9,13,21H,6-7,10-12H2,1-5H3. The fourth-order valence-electron chi connectivity index (χ4n) is 1.62. The summed E-state index contributed by atoms with van der Waals surface area (Å²) in [5.41, 5.74) is -1.59. The number of benzene rings is 1. The minimum atomic E-state index is -1.05. The lowest BCUT2D eigenvalue weighted by atomic mass is 9.82. The molecule has 24 heavy (non-hydrogen) atoms. The van der Waals surface area contributed by atoms with Gasteiger partial charge in [-0.05, 0) is 45.6 Å². The molecule has 0 aliphatic heterocycles. The molecule has 0 saturated carbocycles. The third-order valence-corrected chi connectivity index (χ3v) is 4.06. The zero-order chi connectivity index (χ0) is 18.2. The van der Waals surface area contributed by atoms with Crippen molar-refractivity contribution in [2.45, 2.75) is 58.7 Å². The van der Waals surface area contributed by atoms with Crippen LogP contribution in [-0.4, -0.2) is 43.6 Å². The second kappa shape index (κ2) is 9.40. The summed E-state index contributed by atoms with van der Waals surface area (Å²) in [7, 11) is 1.32. The Morgan fingerprint density at radius 2 is 1.83 bits per heavy atom. The van der Waals surface area contributed by atoms with Crippen molar-refractivity contribution < 1.29 is 23.6 Å². The van der Waals surface area contributed by atoms with Gasteiger partial charge in [0.15, 0.2) is 0 Å². The van der Waals surface area contributed by atoms with Crippen molar-refractivity contribution in [3.8, 4) is 5.75 Å². The molecule has 1 rings (SSSR count). The van der Waals surface area contributed by atoms with E-state index < -0.39 is 17.0 Å². The predicted molar refractivity (Wildman–Crippen MR) is 94.5 cm³/mol. The second-order valence-electron chi connectivity index (χ2n) is 6.80. The lowest BCUT2D eigenvalue weighted by Crippen LogP contribution is -2.49. The van der Waals surface area contributed by atoms with Crippen molar-refractivity contribution in [2.75, 3.05) is 19.8 Å². The molecule has 0 heterocycles. The molecule has 0 amide bonds. The molecule has 0 fully saturated rings. The monoisotopic (exact) mass is 339 g/mol. The molecule has 4 nitrogen and oxygen atoms in total. The van der Waals surface area contributed by atoms with Crippen LogP contribution >= 0.6 is 0 Å². The zero-order valence-electron chi connectivity index (χ0n) is 15.4. The Hall–Kier alpha value is -1.11. The SMILES string of the molecule is CCCCOCCOc1ccc([B]OC(C)(C)C(C)(C)O)c(F)c1. The van der Waals surface area contributed by atoms with Crippen LogP contribution < -0.4 is 10.2 Å². The Kier molecular flexibility index (Phi) is 8.20. The fraction of sp³-hybridized carbons (Fsp3) is 0.667. The molecule has 6 heteroatoms. The van der Waals surface area contributed by atoms with E-state index in [1.165, 1.54) is 13.5 Å². The van der Waals surface area contributed by atoms with E-state index in [1.807, 2.05) is 0 Å². The first-order valence-corrected chi connectivity index (χ1v) is 8.41. The fourth-order valence-corrected chi connectivity index (χ4v) is 1.62. The Labute approximate surface area is 145 Å². The highest BCUT2D eigenvalue weighted by Crippen LogP contribution is 2.24. The number of hydrogen-bond acceptors (Lipinski definition) is 4. The third kappa shape index (κ3) is 6.79. The molecule has 1 radical (unpaired) electrons. The van der Waals surface area contributed by atoms with Crippen LogP contribution in [0, 0.1) is 5.82 Å². The second-order valence-corrected chi connectivity index (χ2v) is 6.80. The molecule has 0 spiro atoms. The Morgan fingerprint density at radius 3 is 2.42 bits per heavy atom. The average molecular weight is 339 g/mol. The number of unbranched alkanes of at least 4 members (excludes halogenated alkanes) is 1. The van der Waals surface area contributed by atoms with Crippen LogP contribution in [0.1, 0.15) is 47.5 Å². The summed E-state index contributed by atoms with van der Waals surface area (Å²) in [5.74, 6) is 0.0106. The molecule has 0 aromatic heterocycles. The molecule has 0 bridgehead atoms. The van der Waals surface area contributed by atoms with Crippen molar-refractivity contribution >= 4 is 12.9 Å². The Balaban J connectivity index is 2.47. The van der Waals surface area contributed by atoms with Crippen molar-refractivity contribution in [1.29, 1.82) is 0 Å². The van der Waals surface area contributed by atoms with E-state index in [0.29, 0.717) is 24.4 Å². The first kappa shape index (κ1) is 20.9. The minimum absolute atomic E-state index is 0.305. The van der Waals surface area contributed by atoms with Gasteiger partial charge >= 0.3 is 7.48 Å². The van der Waals surface area contributed by atoms with Gasteiger partial charge in [-0.15, -0.1) is 0 Å². The van der Waals surface area contributed by atoms with Crippen molar-refractivity contribution in [3.63, 3.8) is 0 Å². The highest BCUT2D eigenvalue weighted by molar-refractivity contribution is 6.47. The number of ether oxygens (including phenoxy) is 2. The van der Waals surface area contributed by atoms with E-state index >= 15 is 0 Å². The maximum absolute atomic E-state index is 14.1. The first-order valence-electron chi connectivity index (χ1n) is 8.41. The van der Waals surface area contributed by atoms with Crippen LogP contribution in [0.4, 0.5) is 4.39 Å². The largest absolute Gasteiger partial charge is 0.491 e. The summed E-state index contributed by atoms with van der Waals surface area (Å²) >= 11 is 0. The number of rotatable bonds is 11. The van der Waals surface area contributed by atoms with Crippen molar-refractivity contribution in [1.82, 2.24) is 0 Å². The van der Waals surface area contributed by atoms with E-state index in [4.69, 9.17) is 14.1 Å². The van der Waals surface area contributed by atoms with Gasteiger partial charge in [0.1, 0.15) is 18.2 Å². The van der Waals surface area contributed by atoms with Gasteiger partial charge in [-0.25, -0.2) is 4.39 Å². The van der Waals surface area contributed by atoms with Gasteiger partial charge in [-0.3, -0.25) is 0 Å². The van der Waals surface area contributed by atoms with Crippen LogP contribution in [0.15, 0.2) is 18.2 Å². The maximum atomic E-state index is 14.1. The minimum Gasteiger partial charge on any atom is -0.491 e. The molecule has 0 aliphatic rings. The molecule has 1 aromatic carbocycles. The van der Waals surface area contributed by atoms with Crippen LogP contribution in [0.5, 0.6) is 5.75 Å². The molecule has 0 atom stereocenters. The smallest absolute Gasteiger partial charge is 0.333 e. The summed E-state index contributed by atoms with van der Waals surface area (Å²) in [6.07, 6.45) is 2.12. The summed E-state index contributed by atoms with van der Waals surface area (Å²) in [6, 6.07) is 4.59. The molecule has 0 saturated heterocycles. The average Bonchev–Trinajstić information content (AvgIpc) is 2.48. The Bertz CT molecular complexity index is 500. The van der Waals surface area contributed by atoms with Gasteiger partial charge in [-0.2, -0.15) is 0 Å². The zero-order valence-corrected chi connectivity index (χ0v) is 15.4. The molecule has 1 aromatic rings. The highest BCUT2D eigenvalue weighted by Gasteiger charge is 2.35. The quantitative estimate of drug-likeness (QED) is 0.498. The molecular formula is C18H29BFO4. The molecular weight excluding hydrogens is 310 g/mol. The normalized spacial score (nSPS) is 12.3. The van der Waals surface area contributed by atoms with E-state index in [1.54, 1.807) is 39.8 Å². The van der Waals surface area contributed by atoms with Crippen LogP contribution in [0.25, 0.3) is 0 Å². The summed E-state index contributed by atoms with van der Waals surface area (Å²) < 4.78 is 30.5. The summed E-state index contributed by atoms with van der Waals surface area (Å²) in [4.78, 5) is 0. The lowest BCUT2D eigenvalue weighted by molar-refractivity contribution is -0.0893. The highest BCUT2D eigenvalue weighted by atomic mass is 19.1. The molecule has 0 aliphatic carbocycles. The van der Waals surface area contributed by atoms with Gasteiger partial charge in [0, 0.05) is 12.7 Å². The topological polar surface area (TPSA) is 47.9 Å². The number of aliphatic hydroxyl groups is 1. The van der Waals surface area contributed by atoms with E-state index in [0.717, 1.165) is 19.4 Å². The molecule has 1 N–H and O–H groups in total. The van der Waals surface area contributed by atoms with E-state index in [2.05, 4.69) is 6.92 Å². The number of halogens is 1. The van der Waals surface area contributed by atoms with Gasteiger partial charge in [0.2, 0.25) is 0 Å². The van der Waals surface area contributed by atoms with E-state index in [9.17, 15) is 9.50 Å². The summed E-state index contributed by atoms with van der Waals surface area (Å²) in [5, 5.41) is 10.0. The van der Waals surface area contributed by atoms with Gasteiger partial charge in [-0.1, -0.05) is 19.4 Å². The van der Waals surface area contributed by atoms with Crippen molar-refractivity contribution in [3.05, 3.63) is 24.0 Å². The number of hydrogen-bond donors (Lipinski definition) is 1. The predicted octanol–water partition coefficient (Wildman–Crippen LogP) is 2.83.